The zero-order valence-electron chi connectivity index (χ0n) is 18.3. The van der Waals surface area contributed by atoms with E-state index in [9.17, 15) is 4.79 Å². The molecule has 3 heterocycles. The van der Waals surface area contributed by atoms with Gasteiger partial charge in [-0.25, -0.2) is 15.0 Å². The second-order valence-electron chi connectivity index (χ2n) is 8.45. The lowest BCUT2D eigenvalue weighted by Crippen LogP contribution is -2.47. The van der Waals surface area contributed by atoms with Crippen molar-refractivity contribution in [2.24, 2.45) is 5.92 Å². The molecule has 5 rings (SSSR count). The molecule has 0 amide bonds. The number of carbonyl (C=O) groups excluding carboxylic acids is 1. The number of aryl methyl sites for hydroxylation is 1. The first-order chi connectivity index (χ1) is 15.7. The number of fused-ring (bicyclic) bond motifs is 1. The number of allylic oxidation sites excluding steroid dienone is 1. The first-order valence-corrected chi connectivity index (χ1v) is 11.2. The largest absolute Gasteiger partial charge is 0.353 e. The summed E-state index contributed by atoms with van der Waals surface area (Å²) < 4.78 is 0. The van der Waals surface area contributed by atoms with Crippen LogP contribution in [0.5, 0.6) is 0 Å². The Morgan fingerprint density at radius 1 is 0.906 bits per heavy atom. The van der Waals surface area contributed by atoms with E-state index in [0.717, 1.165) is 66.9 Å². The highest BCUT2D eigenvalue weighted by Crippen LogP contribution is 2.29. The minimum atomic E-state index is 0.151. The summed E-state index contributed by atoms with van der Waals surface area (Å²) in [6, 6.07) is 16.2. The zero-order valence-corrected chi connectivity index (χ0v) is 18.3. The minimum absolute atomic E-state index is 0.151. The second-order valence-corrected chi connectivity index (χ2v) is 8.45. The number of piperazine rings is 1. The molecule has 0 saturated carbocycles. The number of pyridine rings is 1. The molecule has 0 unspecified atom stereocenters. The van der Waals surface area contributed by atoms with E-state index >= 15 is 0 Å². The number of hydrogen-bond acceptors (Lipinski definition) is 6. The molecule has 1 aromatic carbocycles. The van der Waals surface area contributed by atoms with Gasteiger partial charge in [0.1, 0.15) is 5.82 Å². The van der Waals surface area contributed by atoms with E-state index in [2.05, 4.69) is 39.1 Å². The van der Waals surface area contributed by atoms with Crippen molar-refractivity contribution in [2.75, 3.05) is 36.0 Å². The van der Waals surface area contributed by atoms with Crippen molar-refractivity contribution in [3.63, 3.8) is 0 Å². The van der Waals surface area contributed by atoms with E-state index in [1.807, 2.05) is 49.5 Å². The lowest BCUT2D eigenvalue weighted by atomic mass is 9.85. The predicted molar refractivity (Wildman–Crippen MR) is 127 cm³/mol. The van der Waals surface area contributed by atoms with Gasteiger partial charge in [0.15, 0.2) is 5.78 Å². The van der Waals surface area contributed by atoms with Crippen LogP contribution in [0.3, 0.4) is 0 Å². The SMILES string of the molecule is Cc1nc(N2CCN(c3ccccn3)CC2)nc2c1C(=O)C[C@H](/C=C/c1ccccc1)C2. The Bertz CT molecular complexity index is 1120. The van der Waals surface area contributed by atoms with Crippen LogP contribution in [-0.4, -0.2) is 46.9 Å². The number of benzene rings is 1. The van der Waals surface area contributed by atoms with Crippen LogP contribution >= 0.6 is 0 Å². The molecule has 32 heavy (non-hydrogen) atoms. The maximum Gasteiger partial charge on any atom is 0.225 e. The number of hydrogen-bond donors (Lipinski definition) is 0. The Morgan fingerprint density at radius 3 is 2.41 bits per heavy atom. The van der Waals surface area contributed by atoms with Gasteiger partial charge in [0.05, 0.1) is 17.0 Å². The number of anilines is 2. The molecule has 1 fully saturated rings. The Morgan fingerprint density at radius 2 is 1.66 bits per heavy atom. The topological polar surface area (TPSA) is 62.2 Å². The molecule has 0 spiro atoms. The molecule has 6 nitrogen and oxygen atoms in total. The quantitative estimate of drug-likeness (QED) is 0.630. The Hall–Kier alpha value is -3.54. The van der Waals surface area contributed by atoms with Gasteiger partial charge in [-0.15, -0.1) is 0 Å². The van der Waals surface area contributed by atoms with Gasteiger partial charge in [0, 0.05) is 38.8 Å². The molecule has 1 aliphatic heterocycles. The molecular weight excluding hydrogens is 398 g/mol. The zero-order chi connectivity index (χ0) is 21.9. The fourth-order valence-electron chi connectivity index (χ4n) is 4.55. The van der Waals surface area contributed by atoms with Gasteiger partial charge in [-0.2, -0.15) is 0 Å². The summed E-state index contributed by atoms with van der Waals surface area (Å²) in [4.78, 5) is 31.4. The molecule has 3 aromatic rings. The van der Waals surface area contributed by atoms with E-state index < -0.39 is 0 Å². The van der Waals surface area contributed by atoms with E-state index in [1.165, 1.54) is 0 Å². The van der Waals surface area contributed by atoms with E-state index in [0.29, 0.717) is 6.42 Å². The average molecular weight is 426 g/mol. The molecule has 1 atom stereocenters. The van der Waals surface area contributed by atoms with Gasteiger partial charge < -0.3 is 9.80 Å². The van der Waals surface area contributed by atoms with Crippen LogP contribution < -0.4 is 9.80 Å². The van der Waals surface area contributed by atoms with Crippen LogP contribution in [0.2, 0.25) is 0 Å². The third-order valence-corrected chi connectivity index (χ3v) is 6.23. The monoisotopic (exact) mass is 425 g/mol. The molecule has 1 aliphatic carbocycles. The third kappa shape index (κ3) is 4.26. The number of ketones is 1. The molecule has 0 N–H and O–H groups in total. The highest BCUT2D eigenvalue weighted by molar-refractivity contribution is 5.99. The summed E-state index contributed by atoms with van der Waals surface area (Å²) in [7, 11) is 0. The predicted octanol–water partition coefficient (Wildman–Crippen LogP) is 3.97. The first kappa shape index (κ1) is 20.4. The third-order valence-electron chi connectivity index (χ3n) is 6.23. The molecule has 6 heteroatoms. The Balaban J connectivity index is 1.32. The standard InChI is InChI=1S/C26H27N5O/c1-19-25-22(17-21(18-23(25)32)11-10-20-7-3-2-4-8-20)29-26(28-19)31-15-13-30(14-16-31)24-9-5-6-12-27-24/h2-12,21H,13-18H2,1H3/b11-10+/t21-/m1/s1. The maximum absolute atomic E-state index is 12.9. The summed E-state index contributed by atoms with van der Waals surface area (Å²) in [6.07, 6.45) is 7.38. The number of carbonyl (C=O) groups is 1. The van der Waals surface area contributed by atoms with Crippen molar-refractivity contribution in [3.8, 4) is 0 Å². The molecule has 0 radical (unpaired) electrons. The van der Waals surface area contributed by atoms with Crippen LogP contribution in [0.1, 0.15) is 33.7 Å². The fourth-order valence-corrected chi connectivity index (χ4v) is 4.55. The molecule has 2 aliphatic rings. The van der Waals surface area contributed by atoms with Crippen LogP contribution in [0, 0.1) is 12.8 Å². The molecule has 1 saturated heterocycles. The molecule has 2 aromatic heterocycles. The van der Waals surface area contributed by atoms with E-state index in [4.69, 9.17) is 9.97 Å². The van der Waals surface area contributed by atoms with Crippen molar-refractivity contribution in [2.45, 2.75) is 19.8 Å². The van der Waals surface area contributed by atoms with E-state index in [-0.39, 0.29) is 11.7 Å². The van der Waals surface area contributed by atoms with Crippen LogP contribution in [0.15, 0.2) is 60.8 Å². The molecule has 0 bridgehead atoms. The van der Waals surface area contributed by atoms with Gasteiger partial charge in [0.25, 0.3) is 0 Å². The Kier molecular flexibility index (Phi) is 5.67. The highest BCUT2D eigenvalue weighted by atomic mass is 16.1. The summed E-state index contributed by atoms with van der Waals surface area (Å²) in [5.41, 5.74) is 3.56. The van der Waals surface area contributed by atoms with Crippen molar-refractivity contribution < 1.29 is 4.79 Å². The maximum atomic E-state index is 12.9. The summed E-state index contributed by atoms with van der Waals surface area (Å²) in [5.74, 6) is 2.06. The highest BCUT2D eigenvalue weighted by Gasteiger charge is 2.29. The van der Waals surface area contributed by atoms with Crippen molar-refractivity contribution in [3.05, 3.63) is 83.3 Å². The summed E-state index contributed by atoms with van der Waals surface area (Å²) in [5, 5.41) is 0. The van der Waals surface area contributed by atoms with E-state index in [1.54, 1.807) is 0 Å². The summed E-state index contributed by atoms with van der Waals surface area (Å²) >= 11 is 0. The van der Waals surface area contributed by atoms with Crippen molar-refractivity contribution in [1.82, 2.24) is 15.0 Å². The fraction of sp³-hybridized carbons (Fsp3) is 0.308. The van der Waals surface area contributed by atoms with Crippen LogP contribution in [0.4, 0.5) is 11.8 Å². The normalized spacial score (nSPS) is 18.8. The van der Waals surface area contributed by atoms with Gasteiger partial charge in [-0.1, -0.05) is 48.6 Å². The van der Waals surface area contributed by atoms with Crippen molar-refractivity contribution >= 4 is 23.6 Å². The molecule has 162 valence electrons. The smallest absolute Gasteiger partial charge is 0.225 e. The first-order valence-electron chi connectivity index (χ1n) is 11.2. The van der Waals surface area contributed by atoms with Crippen molar-refractivity contribution in [1.29, 1.82) is 0 Å². The molecular formula is C26H27N5O. The number of nitrogens with zero attached hydrogens (tertiary/aromatic N) is 5. The minimum Gasteiger partial charge on any atom is -0.353 e. The lowest BCUT2D eigenvalue weighted by molar-refractivity contribution is 0.0956. The van der Waals surface area contributed by atoms with Crippen LogP contribution in [-0.2, 0) is 6.42 Å². The van der Waals surface area contributed by atoms with Gasteiger partial charge in [-0.3, -0.25) is 4.79 Å². The lowest BCUT2D eigenvalue weighted by Gasteiger charge is -2.36. The van der Waals surface area contributed by atoms with Gasteiger partial charge in [0.2, 0.25) is 5.95 Å². The average Bonchev–Trinajstić information content (AvgIpc) is 2.83. The van der Waals surface area contributed by atoms with Gasteiger partial charge >= 0.3 is 0 Å². The summed E-state index contributed by atoms with van der Waals surface area (Å²) in [6.45, 7) is 5.35. The van der Waals surface area contributed by atoms with Gasteiger partial charge in [-0.05, 0) is 37.0 Å². The second kappa shape index (κ2) is 8.91. The Labute approximate surface area is 188 Å². The number of Topliss-reactive ketones (excluding diaryl/α,β-unsaturated/α-hetero) is 1. The number of rotatable bonds is 4. The number of aromatic nitrogens is 3. The van der Waals surface area contributed by atoms with Crippen LogP contribution in [0.25, 0.3) is 6.08 Å².